The largest absolute Gasteiger partial charge is 0.318 e. The van der Waals surface area contributed by atoms with Crippen molar-refractivity contribution in [2.45, 2.75) is 0 Å². The molecule has 1 aromatic carbocycles. The third-order valence-corrected chi connectivity index (χ3v) is 1.36. The Morgan fingerprint density at radius 3 is 2.82 bits per heavy atom. The predicted octanol–water partition coefficient (Wildman–Crippen LogP) is 0.821. The van der Waals surface area contributed by atoms with Gasteiger partial charge in [0.25, 0.3) is 11.7 Å². The van der Waals surface area contributed by atoms with Crippen LogP contribution in [-0.4, -0.2) is 11.7 Å². The van der Waals surface area contributed by atoms with E-state index >= 15 is 0 Å². The second-order valence-corrected chi connectivity index (χ2v) is 2.03. The smallest absolute Gasteiger partial charge is 0.296 e. The van der Waals surface area contributed by atoms with Gasteiger partial charge in [-0.15, -0.1) is 0 Å². The van der Waals surface area contributed by atoms with Gasteiger partial charge in [-0.3, -0.25) is 9.59 Å². The molecule has 1 heterocycles. The highest BCUT2D eigenvalue weighted by Gasteiger charge is 2.26. The maximum absolute atomic E-state index is 11.3. The molecule has 54 valence electrons. The quantitative estimate of drug-likeness (QED) is 0.558. The maximum atomic E-state index is 11.3. The predicted molar refractivity (Wildman–Crippen MR) is 39.4 cm³/mol. The summed E-state index contributed by atoms with van der Waals surface area (Å²) in [7, 11) is 0. The molecule has 11 heavy (non-hydrogen) atoms. The summed E-state index contributed by atoms with van der Waals surface area (Å²) < 4.78 is 29.5. The van der Waals surface area contributed by atoms with E-state index in [9.17, 15) is 9.59 Å². The number of ketones is 1. The standard InChI is InChI=1S/C8H5NO2/c10-7-5-3-1-2-4-6(5)9-8(7)11/h1-4H,(H,9,10,11)/i1D,2D,3D,4D. The number of rotatable bonds is 0. The first-order valence-electron chi connectivity index (χ1n) is 4.91. The van der Waals surface area contributed by atoms with Crippen molar-refractivity contribution in [1.29, 1.82) is 0 Å². The molecule has 3 heteroatoms. The highest BCUT2D eigenvalue weighted by atomic mass is 16.2. The van der Waals surface area contributed by atoms with Crippen molar-refractivity contribution < 1.29 is 15.1 Å². The molecular weight excluding hydrogens is 142 g/mol. The molecule has 0 bridgehead atoms. The molecule has 1 N–H and O–H groups in total. The molecule has 0 aliphatic carbocycles. The van der Waals surface area contributed by atoms with Crippen molar-refractivity contribution in [3.05, 3.63) is 29.7 Å². The van der Waals surface area contributed by atoms with Gasteiger partial charge in [0.1, 0.15) is 0 Å². The number of fused-ring (bicyclic) bond motifs is 1. The van der Waals surface area contributed by atoms with Crippen LogP contribution in [0.25, 0.3) is 0 Å². The summed E-state index contributed by atoms with van der Waals surface area (Å²) in [6.45, 7) is 0. The molecule has 2 rings (SSSR count). The first-order valence-corrected chi connectivity index (χ1v) is 2.91. The van der Waals surface area contributed by atoms with E-state index < -0.39 is 35.9 Å². The average Bonchev–Trinajstić information content (AvgIpc) is 2.50. The van der Waals surface area contributed by atoms with Crippen LogP contribution in [0.5, 0.6) is 0 Å². The van der Waals surface area contributed by atoms with Gasteiger partial charge in [-0.2, -0.15) is 0 Å². The number of hydrogen-bond donors (Lipinski definition) is 1. The summed E-state index contributed by atoms with van der Waals surface area (Å²) in [4.78, 5) is 22.3. The van der Waals surface area contributed by atoms with E-state index in [1.807, 2.05) is 0 Å². The van der Waals surface area contributed by atoms with Crippen LogP contribution in [0.1, 0.15) is 15.8 Å². The van der Waals surface area contributed by atoms with Crippen LogP contribution >= 0.6 is 0 Å². The van der Waals surface area contributed by atoms with Gasteiger partial charge in [-0.05, 0) is 12.1 Å². The van der Waals surface area contributed by atoms with Crippen LogP contribution in [0.2, 0.25) is 0 Å². The van der Waals surface area contributed by atoms with E-state index in [-0.39, 0.29) is 11.3 Å². The fourth-order valence-corrected chi connectivity index (χ4v) is 0.860. The zero-order chi connectivity index (χ0) is 11.3. The Kier molecular flexibility index (Phi) is 0.554. The van der Waals surface area contributed by atoms with Gasteiger partial charge in [0, 0.05) is 0 Å². The van der Waals surface area contributed by atoms with Crippen LogP contribution in [0.3, 0.4) is 0 Å². The molecule has 1 aliphatic rings. The normalized spacial score (nSPS) is 19.6. The summed E-state index contributed by atoms with van der Waals surface area (Å²) in [6, 6.07) is -1.85. The number of para-hydroxylation sites is 1. The average molecular weight is 151 g/mol. The lowest BCUT2D eigenvalue weighted by atomic mass is 10.1. The molecule has 1 aliphatic heterocycles. The lowest BCUT2D eigenvalue weighted by Crippen LogP contribution is -2.12. The highest BCUT2D eigenvalue weighted by molar-refractivity contribution is 6.51. The second-order valence-electron chi connectivity index (χ2n) is 2.03. The fraction of sp³-hybridized carbons (Fsp3) is 0. The summed E-state index contributed by atoms with van der Waals surface area (Å²) >= 11 is 0. The Labute approximate surface area is 68.6 Å². The zero-order valence-electron chi connectivity index (χ0n) is 9.32. The Morgan fingerprint density at radius 1 is 1.27 bits per heavy atom. The number of nitrogens with one attached hydrogen (secondary N) is 1. The van der Waals surface area contributed by atoms with Crippen molar-refractivity contribution >= 4 is 17.4 Å². The van der Waals surface area contributed by atoms with Crippen LogP contribution in [0.15, 0.2) is 24.2 Å². The Balaban J connectivity index is 2.86. The minimum absolute atomic E-state index is 0.129. The minimum atomic E-state index is -0.919. The minimum Gasteiger partial charge on any atom is -0.318 e. The van der Waals surface area contributed by atoms with Gasteiger partial charge in [-0.25, -0.2) is 0 Å². The van der Waals surface area contributed by atoms with Gasteiger partial charge in [0.05, 0.1) is 16.7 Å². The van der Waals surface area contributed by atoms with E-state index in [1.165, 1.54) is 0 Å². The molecule has 1 amide bonds. The fourth-order valence-electron chi connectivity index (χ4n) is 0.860. The summed E-state index contributed by atoms with van der Waals surface area (Å²) in [5.41, 5.74) is -0.401. The van der Waals surface area contributed by atoms with Gasteiger partial charge < -0.3 is 5.32 Å². The third-order valence-electron chi connectivity index (χ3n) is 1.36. The number of Topliss-reactive ketones (excluding diaryl/α,β-unsaturated/α-hetero) is 1. The van der Waals surface area contributed by atoms with E-state index in [0.717, 1.165) is 0 Å². The first-order chi connectivity index (χ1) is 6.95. The van der Waals surface area contributed by atoms with Crippen molar-refractivity contribution in [1.82, 2.24) is 0 Å². The van der Waals surface area contributed by atoms with Gasteiger partial charge in [-0.1, -0.05) is 12.1 Å². The SMILES string of the molecule is [2H]c1c([2H])c([2H])c2c(c1[2H])NC(=O)C2=O. The molecule has 0 atom stereocenters. The number of amides is 1. The Bertz CT molecular complexity index is 512. The Morgan fingerprint density at radius 2 is 2.00 bits per heavy atom. The monoisotopic (exact) mass is 151 g/mol. The second kappa shape index (κ2) is 1.92. The number of hydrogen-bond acceptors (Lipinski definition) is 2. The van der Waals surface area contributed by atoms with Crippen molar-refractivity contribution in [3.8, 4) is 0 Å². The molecule has 1 aromatic rings. The van der Waals surface area contributed by atoms with Crippen LogP contribution in [0.4, 0.5) is 5.69 Å². The van der Waals surface area contributed by atoms with Gasteiger partial charge in [0.15, 0.2) is 0 Å². The number of benzene rings is 1. The molecule has 0 radical (unpaired) electrons. The van der Waals surface area contributed by atoms with Crippen LogP contribution in [-0.2, 0) is 4.79 Å². The molecule has 3 nitrogen and oxygen atoms in total. The first kappa shape index (κ1) is 3.17. The summed E-state index contributed by atoms with van der Waals surface area (Å²) in [5.74, 6) is -1.84. The lowest BCUT2D eigenvalue weighted by Gasteiger charge is -1.91. The van der Waals surface area contributed by atoms with Crippen LogP contribution in [0, 0.1) is 0 Å². The Hall–Kier alpha value is -1.64. The van der Waals surface area contributed by atoms with Gasteiger partial charge >= 0.3 is 0 Å². The van der Waals surface area contributed by atoms with Crippen molar-refractivity contribution in [2.24, 2.45) is 0 Å². The van der Waals surface area contributed by atoms with Crippen molar-refractivity contribution in [2.75, 3.05) is 5.32 Å². The molecule has 0 saturated heterocycles. The summed E-state index contributed by atoms with van der Waals surface area (Å²) in [5, 5.41) is 2.12. The van der Waals surface area contributed by atoms with E-state index in [4.69, 9.17) is 5.48 Å². The molecule has 0 fully saturated rings. The molecule has 0 saturated carbocycles. The molecule has 0 aromatic heterocycles. The number of carbonyl (C=O) groups is 2. The van der Waals surface area contributed by atoms with Gasteiger partial charge in [0.2, 0.25) is 0 Å². The number of anilines is 1. The zero-order valence-corrected chi connectivity index (χ0v) is 5.32. The lowest BCUT2D eigenvalue weighted by molar-refractivity contribution is -0.112. The topological polar surface area (TPSA) is 46.2 Å². The van der Waals surface area contributed by atoms with E-state index in [0.29, 0.717) is 0 Å². The molecule has 0 unspecified atom stereocenters. The third kappa shape index (κ3) is 0.741. The van der Waals surface area contributed by atoms with E-state index in [1.54, 1.807) is 0 Å². The van der Waals surface area contributed by atoms with Crippen molar-refractivity contribution in [3.63, 3.8) is 0 Å². The summed E-state index contributed by atoms with van der Waals surface area (Å²) in [6.07, 6.45) is 0. The number of carbonyl (C=O) groups excluding carboxylic acids is 2. The maximum Gasteiger partial charge on any atom is 0.296 e. The highest BCUT2D eigenvalue weighted by Crippen LogP contribution is 2.21. The molecule has 0 spiro atoms. The van der Waals surface area contributed by atoms with Crippen LogP contribution < -0.4 is 5.32 Å². The van der Waals surface area contributed by atoms with E-state index in [2.05, 4.69) is 5.32 Å². The molecular formula is C8H5NO2.